The lowest BCUT2D eigenvalue weighted by atomic mass is 9.95. The van der Waals surface area contributed by atoms with Gasteiger partial charge < -0.3 is 14.7 Å². The molecule has 0 spiro atoms. The normalized spacial score (nSPS) is 19.6. The maximum absolute atomic E-state index is 12.4. The predicted octanol–water partition coefficient (Wildman–Crippen LogP) is 2.75. The van der Waals surface area contributed by atoms with Gasteiger partial charge in [0.05, 0.1) is 18.7 Å². The van der Waals surface area contributed by atoms with Gasteiger partial charge in [-0.1, -0.05) is 30.3 Å². The zero-order valence-electron chi connectivity index (χ0n) is 13.4. The molecule has 1 saturated heterocycles. The number of likely N-dealkylation sites (N-methyl/N-ethyl adjacent to an activating group) is 1. The molecule has 1 unspecified atom stereocenters. The van der Waals surface area contributed by atoms with Crippen molar-refractivity contribution in [3.63, 3.8) is 0 Å². The number of aliphatic hydroxyl groups excluding tert-OH is 1. The highest BCUT2D eigenvalue weighted by Crippen LogP contribution is 2.38. The molecule has 2 aromatic rings. The van der Waals surface area contributed by atoms with Crippen LogP contribution in [0.1, 0.15) is 17.2 Å². The zero-order valence-corrected chi connectivity index (χ0v) is 13.4. The van der Waals surface area contributed by atoms with Crippen LogP contribution in [0.15, 0.2) is 60.2 Å². The lowest BCUT2D eigenvalue weighted by Gasteiger charge is -2.20. The summed E-state index contributed by atoms with van der Waals surface area (Å²) in [5.74, 6) is -0.852. The van der Waals surface area contributed by atoms with Crippen LogP contribution in [0.2, 0.25) is 0 Å². The fraction of sp³-hybridized carbons (Fsp3) is 0.158. The van der Waals surface area contributed by atoms with Crippen LogP contribution >= 0.6 is 0 Å². The molecule has 3 rings (SSSR count). The molecule has 2 aromatic carbocycles. The molecule has 1 aliphatic heterocycles. The van der Waals surface area contributed by atoms with Gasteiger partial charge in [-0.2, -0.15) is 0 Å². The van der Waals surface area contributed by atoms with Gasteiger partial charge in [0.1, 0.15) is 11.5 Å². The standard InChI is InChI=1S/C19H17NO4/c1-20-16(12-6-4-3-5-7-12)15(18(22)19(20)23)17(21)13-8-10-14(24-2)11-9-13/h3-11,16,21H,1-2H3/b17-15+. The average molecular weight is 323 g/mol. The number of methoxy groups -OCH3 is 1. The first-order chi connectivity index (χ1) is 11.5. The van der Waals surface area contributed by atoms with E-state index in [1.807, 2.05) is 30.3 Å². The molecule has 5 heteroatoms. The van der Waals surface area contributed by atoms with Gasteiger partial charge in [0.15, 0.2) is 0 Å². The molecule has 1 aliphatic rings. The average Bonchev–Trinajstić information content (AvgIpc) is 2.86. The van der Waals surface area contributed by atoms with Gasteiger partial charge in [0.25, 0.3) is 11.7 Å². The lowest BCUT2D eigenvalue weighted by Crippen LogP contribution is -2.24. The summed E-state index contributed by atoms with van der Waals surface area (Å²) in [7, 11) is 3.11. The number of amides is 1. The summed E-state index contributed by atoms with van der Waals surface area (Å²) in [6.45, 7) is 0. The SMILES string of the molecule is COc1ccc(/C(O)=C2\C(=O)C(=O)N(C)C2c2ccccc2)cc1. The third kappa shape index (κ3) is 2.54. The third-order valence-corrected chi connectivity index (χ3v) is 4.15. The van der Waals surface area contributed by atoms with Crippen molar-refractivity contribution in [3.8, 4) is 5.75 Å². The number of carbonyl (C=O) groups excluding carboxylic acids is 2. The second-order valence-corrected chi connectivity index (χ2v) is 5.55. The molecule has 0 radical (unpaired) electrons. The van der Waals surface area contributed by atoms with Crippen LogP contribution in [0.3, 0.4) is 0 Å². The first kappa shape index (κ1) is 15.8. The summed E-state index contributed by atoms with van der Waals surface area (Å²) in [6.07, 6.45) is 0. The number of carbonyl (C=O) groups is 2. The quantitative estimate of drug-likeness (QED) is 0.536. The molecule has 1 atom stereocenters. The minimum atomic E-state index is -0.681. The van der Waals surface area contributed by atoms with Gasteiger partial charge in [-0.05, 0) is 29.8 Å². The number of nitrogens with zero attached hydrogens (tertiary/aromatic N) is 1. The van der Waals surface area contributed by atoms with Crippen molar-refractivity contribution in [2.24, 2.45) is 0 Å². The van der Waals surface area contributed by atoms with Gasteiger partial charge >= 0.3 is 0 Å². The fourth-order valence-electron chi connectivity index (χ4n) is 2.88. The molecule has 0 saturated carbocycles. The van der Waals surface area contributed by atoms with Crippen molar-refractivity contribution >= 4 is 17.4 Å². The number of benzene rings is 2. The summed E-state index contributed by atoms with van der Waals surface area (Å²) in [6, 6.07) is 15.3. The number of aliphatic hydroxyl groups is 1. The molecule has 1 fully saturated rings. The highest BCUT2D eigenvalue weighted by molar-refractivity contribution is 6.46. The number of hydrogen-bond acceptors (Lipinski definition) is 4. The predicted molar refractivity (Wildman–Crippen MR) is 89.5 cm³/mol. The Labute approximate surface area is 139 Å². The molecule has 24 heavy (non-hydrogen) atoms. The van der Waals surface area contributed by atoms with Gasteiger partial charge in [0.2, 0.25) is 0 Å². The number of ether oxygens (including phenoxy) is 1. The Morgan fingerprint density at radius 1 is 1.04 bits per heavy atom. The van der Waals surface area contributed by atoms with E-state index in [1.165, 1.54) is 4.90 Å². The summed E-state index contributed by atoms with van der Waals surface area (Å²) in [4.78, 5) is 25.9. The van der Waals surface area contributed by atoms with Gasteiger partial charge in [-0.25, -0.2) is 0 Å². The van der Waals surface area contributed by atoms with E-state index in [-0.39, 0.29) is 11.3 Å². The van der Waals surface area contributed by atoms with E-state index in [2.05, 4.69) is 0 Å². The van der Waals surface area contributed by atoms with E-state index in [0.717, 1.165) is 5.56 Å². The Kier molecular flexibility index (Phi) is 4.08. The topological polar surface area (TPSA) is 66.8 Å². The largest absolute Gasteiger partial charge is 0.507 e. The van der Waals surface area contributed by atoms with Crippen molar-refractivity contribution in [2.75, 3.05) is 14.2 Å². The summed E-state index contributed by atoms with van der Waals surface area (Å²) >= 11 is 0. The number of Topliss-reactive ketones (excluding diaryl/α,β-unsaturated/α-hetero) is 1. The molecule has 122 valence electrons. The number of hydrogen-bond donors (Lipinski definition) is 1. The molecular weight excluding hydrogens is 306 g/mol. The van der Waals surface area contributed by atoms with Gasteiger partial charge in [-0.3, -0.25) is 9.59 Å². The van der Waals surface area contributed by atoms with E-state index in [9.17, 15) is 14.7 Å². The molecule has 5 nitrogen and oxygen atoms in total. The maximum atomic E-state index is 12.4. The Morgan fingerprint density at radius 3 is 2.25 bits per heavy atom. The van der Waals surface area contributed by atoms with Crippen LogP contribution in [-0.2, 0) is 9.59 Å². The summed E-state index contributed by atoms with van der Waals surface area (Å²) in [5, 5.41) is 10.7. The number of ketones is 1. The van der Waals surface area contributed by atoms with Crippen molar-refractivity contribution in [1.29, 1.82) is 0 Å². The van der Waals surface area contributed by atoms with E-state index in [4.69, 9.17) is 4.74 Å². The van der Waals surface area contributed by atoms with E-state index in [1.54, 1.807) is 38.4 Å². The highest BCUT2D eigenvalue weighted by Gasteiger charge is 2.44. The first-order valence-corrected chi connectivity index (χ1v) is 7.48. The van der Waals surface area contributed by atoms with Crippen LogP contribution in [-0.4, -0.2) is 35.9 Å². The summed E-state index contributed by atoms with van der Waals surface area (Å²) in [5.41, 5.74) is 1.33. The van der Waals surface area contributed by atoms with Crippen molar-refractivity contribution in [2.45, 2.75) is 6.04 Å². The van der Waals surface area contributed by atoms with Gasteiger partial charge in [0, 0.05) is 12.6 Å². The van der Waals surface area contributed by atoms with E-state index < -0.39 is 17.7 Å². The van der Waals surface area contributed by atoms with Gasteiger partial charge in [-0.15, -0.1) is 0 Å². The van der Waals surface area contributed by atoms with Crippen LogP contribution in [0.5, 0.6) is 5.75 Å². The minimum Gasteiger partial charge on any atom is -0.507 e. The zero-order chi connectivity index (χ0) is 17.3. The van der Waals surface area contributed by atoms with Crippen molar-refractivity contribution < 1.29 is 19.4 Å². The fourth-order valence-corrected chi connectivity index (χ4v) is 2.88. The summed E-state index contributed by atoms with van der Waals surface area (Å²) < 4.78 is 5.09. The Hall–Kier alpha value is -3.08. The monoisotopic (exact) mass is 323 g/mol. The second-order valence-electron chi connectivity index (χ2n) is 5.55. The molecule has 0 aliphatic carbocycles. The van der Waals surface area contributed by atoms with Crippen LogP contribution in [0, 0.1) is 0 Å². The van der Waals surface area contributed by atoms with Crippen LogP contribution in [0.25, 0.3) is 5.76 Å². The minimum absolute atomic E-state index is 0.0962. The van der Waals surface area contributed by atoms with E-state index >= 15 is 0 Å². The second kappa shape index (κ2) is 6.20. The Morgan fingerprint density at radius 2 is 1.67 bits per heavy atom. The first-order valence-electron chi connectivity index (χ1n) is 7.48. The molecule has 1 heterocycles. The Bertz CT molecular complexity index is 809. The van der Waals surface area contributed by atoms with Crippen molar-refractivity contribution in [3.05, 3.63) is 71.3 Å². The van der Waals surface area contributed by atoms with Crippen LogP contribution in [0.4, 0.5) is 0 Å². The Balaban J connectivity index is 2.13. The third-order valence-electron chi connectivity index (χ3n) is 4.15. The van der Waals surface area contributed by atoms with E-state index in [0.29, 0.717) is 11.3 Å². The van der Waals surface area contributed by atoms with Crippen molar-refractivity contribution in [1.82, 2.24) is 4.90 Å². The maximum Gasteiger partial charge on any atom is 0.295 e. The molecule has 1 amide bonds. The number of likely N-dealkylation sites (tertiary alicyclic amines) is 1. The molecule has 0 bridgehead atoms. The highest BCUT2D eigenvalue weighted by atomic mass is 16.5. The molecule has 1 N–H and O–H groups in total. The molecule has 0 aromatic heterocycles. The smallest absolute Gasteiger partial charge is 0.295 e. The lowest BCUT2D eigenvalue weighted by molar-refractivity contribution is -0.139. The molecular formula is C19H17NO4. The number of rotatable bonds is 3. The van der Waals surface area contributed by atoms with Crippen LogP contribution < -0.4 is 4.74 Å².